The first-order chi connectivity index (χ1) is 8.66. The molecule has 0 fully saturated rings. The van der Waals surface area contributed by atoms with Crippen molar-refractivity contribution >= 4 is 5.78 Å². The third-order valence-electron chi connectivity index (χ3n) is 2.57. The van der Waals surface area contributed by atoms with E-state index in [1.54, 1.807) is 0 Å². The molecular weight excluding hydrogens is 230 g/mol. The number of nitrogens with one attached hydrogen (secondary N) is 1. The Morgan fingerprint density at radius 3 is 2.56 bits per heavy atom. The molecule has 0 amide bonds. The van der Waals surface area contributed by atoms with E-state index in [9.17, 15) is 4.79 Å². The number of nitrogens with zero attached hydrogens (tertiary/aromatic N) is 4. The fourth-order valence-electron chi connectivity index (χ4n) is 1.66. The summed E-state index contributed by atoms with van der Waals surface area (Å²) in [7, 11) is 0. The molecule has 18 heavy (non-hydrogen) atoms. The number of hydrogen-bond donors (Lipinski definition) is 1. The number of carbonyl (C=O) groups excluding carboxylic acids is 1. The fourth-order valence-corrected chi connectivity index (χ4v) is 1.66. The molecule has 0 aliphatic carbocycles. The van der Waals surface area contributed by atoms with Crippen molar-refractivity contribution in [2.24, 2.45) is 0 Å². The monoisotopic (exact) mass is 245 g/mol. The van der Waals surface area contributed by atoms with Crippen LogP contribution in [0, 0.1) is 5.41 Å². The highest BCUT2D eigenvalue weighted by atomic mass is 16.1. The lowest BCUT2D eigenvalue weighted by Gasteiger charge is -2.00. The first kappa shape index (κ1) is 12.2. The number of aromatic nitrogens is 4. The van der Waals surface area contributed by atoms with Crippen molar-refractivity contribution in [3.8, 4) is 0 Å². The Bertz CT molecular complexity index is 584. The maximum Gasteiger partial charge on any atom is 0.238 e. The Kier molecular flexibility index (Phi) is 3.66. The Morgan fingerprint density at radius 2 is 1.89 bits per heavy atom. The minimum absolute atomic E-state index is 0.0383. The zero-order valence-electron chi connectivity index (χ0n) is 10.2. The molecule has 0 unspecified atom stereocenters. The Balaban J connectivity index is 2.05. The Morgan fingerprint density at radius 1 is 1.22 bits per heavy atom. The summed E-state index contributed by atoms with van der Waals surface area (Å²) in [5.41, 5.74) is 1.34. The molecule has 1 heterocycles. The van der Waals surface area contributed by atoms with E-state index in [-0.39, 0.29) is 17.9 Å². The molecule has 2 rings (SSSR count). The van der Waals surface area contributed by atoms with Crippen molar-refractivity contribution in [2.75, 3.05) is 0 Å². The third-order valence-corrected chi connectivity index (χ3v) is 2.57. The smallest absolute Gasteiger partial charge is 0.238 e. The van der Waals surface area contributed by atoms with Crippen LogP contribution in [0.2, 0.25) is 0 Å². The van der Waals surface area contributed by atoms with Gasteiger partial charge in [0.25, 0.3) is 0 Å². The number of rotatable bonds is 5. The molecule has 0 atom stereocenters. The number of carbonyl (C=O) groups is 1. The highest BCUT2D eigenvalue weighted by molar-refractivity contribution is 5.75. The number of ketones is 1. The topological polar surface area (TPSA) is 76.6 Å². The van der Waals surface area contributed by atoms with Crippen molar-refractivity contribution in [3.63, 3.8) is 0 Å². The van der Waals surface area contributed by atoms with Gasteiger partial charge in [0.15, 0.2) is 5.78 Å². The molecule has 2 aromatic rings. The molecule has 1 aromatic heterocycles. The zero-order chi connectivity index (χ0) is 13.0. The molecule has 0 aliphatic heterocycles. The summed E-state index contributed by atoms with van der Waals surface area (Å²) >= 11 is 0. The normalized spacial score (nSPS) is 10.5. The predicted molar refractivity (Wildman–Crippen MR) is 64.7 cm³/mol. The van der Waals surface area contributed by atoms with Crippen LogP contribution in [-0.2, 0) is 24.3 Å². The third kappa shape index (κ3) is 2.91. The lowest BCUT2D eigenvalue weighted by atomic mass is 10.2. The molecule has 0 aliphatic rings. The first-order valence-corrected chi connectivity index (χ1v) is 5.75. The summed E-state index contributed by atoms with van der Waals surface area (Å²) < 4.78 is 2.79. The summed E-state index contributed by atoms with van der Waals surface area (Å²) in [5.74, 6) is -0.0383. The number of hydrogen-bond acceptors (Lipinski definition) is 4. The summed E-state index contributed by atoms with van der Waals surface area (Å²) in [6.07, 6.45) is 0.788. The average Bonchev–Trinajstić information content (AvgIpc) is 2.69. The second-order valence-corrected chi connectivity index (χ2v) is 4.12. The molecule has 6 nitrogen and oxygen atoms in total. The maximum absolute atomic E-state index is 11.0. The van der Waals surface area contributed by atoms with E-state index in [1.165, 1.54) is 21.9 Å². The van der Waals surface area contributed by atoms with Gasteiger partial charge < -0.3 is 0 Å². The van der Waals surface area contributed by atoms with E-state index in [2.05, 4.69) is 10.4 Å². The van der Waals surface area contributed by atoms with Crippen LogP contribution in [0.3, 0.4) is 0 Å². The molecule has 94 valence electrons. The summed E-state index contributed by atoms with van der Waals surface area (Å²) in [5, 5.41) is 15.5. The van der Waals surface area contributed by atoms with E-state index in [0.717, 1.165) is 6.42 Å². The molecule has 0 bridgehead atoms. The molecule has 0 radical (unpaired) electrons. The Labute approximate surface area is 104 Å². The lowest BCUT2D eigenvalue weighted by molar-refractivity contribution is -0.117. The van der Waals surface area contributed by atoms with Gasteiger partial charge in [0.05, 0.1) is 6.54 Å². The van der Waals surface area contributed by atoms with Crippen LogP contribution < -0.4 is 5.62 Å². The summed E-state index contributed by atoms with van der Waals surface area (Å²) in [6, 6.07) is 9.99. The van der Waals surface area contributed by atoms with Crippen molar-refractivity contribution in [2.45, 2.75) is 26.4 Å². The van der Waals surface area contributed by atoms with Crippen LogP contribution in [0.1, 0.15) is 12.5 Å². The predicted octanol–water partition coefficient (Wildman–Crippen LogP) is 0.391. The molecule has 1 aromatic carbocycles. The van der Waals surface area contributed by atoms with E-state index in [1.807, 2.05) is 30.3 Å². The van der Waals surface area contributed by atoms with Crippen LogP contribution >= 0.6 is 0 Å². The molecule has 0 saturated heterocycles. The van der Waals surface area contributed by atoms with Gasteiger partial charge in [-0.2, -0.15) is 0 Å². The second-order valence-electron chi connectivity index (χ2n) is 4.12. The maximum atomic E-state index is 11.0. The van der Waals surface area contributed by atoms with Crippen LogP contribution in [0.15, 0.2) is 30.3 Å². The number of aryl methyl sites for hydroxylation is 2. The Hall–Kier alpha value is -2.24. The van der Waals surface area contributed by atoms with Gasteiger partial charge in [0.2, 0.25) is 5.62 Å². The fraction of sp³-hybridized carbons (Fsp3) is 0.333. The van der Waals surface area contributed by atoms with E-state index in [0.29, 0.717) is 6.54 Å². The van der Waals surface area contributed by atoms with Crippen LogP contribution in [0.25, 0.3) is 0 Å². The van der Waals surface area contributed by atoms with Crippen molar-refractivity contribution in [1.29, 1.82) is 5.41 Å². The quantitative estimate of drug-likeness (QED) is 0.827. The molecule has 0 saturated carbocycles. The summed E-state index contributed by atoms with van der Waals surface area (Å²) in [4.78, 5) is 11.0. The van der Waals surface area contributed by atoms with Gasteiger partial charge in [0.1, 0.15) is 6.54 Å². The molecule has 6 heteroatoms. The van der Waals surface area contributed by atoms with Crippen molar-refractivity contribution in [1.82, 2.24) is 19.8 Å². The molecular formula is C12H15N5O. The van der Waals surface area contributed by atoms with Gasteiger partial charge in [-0.15, -0.1) is 0 Å². The number of Topliss-reactive ketones (excluding diaryl/α,β-unsaturated/α-hetero) is 1. The van der Waals surface area contributed by atoms with Gasteiger partial charge >= 0.3 is 0 Å². The molecule has 1 N–H and O–H groups in total. The van der Waals surface area contributed by atoms with Gasteiger partial charge in [-0.25, -0.2) is 9.36 Å². The van der Waals surface area contributed by atoms with E-state index in [4.69, 9.17) is 5.41 Å². The summed E-state index contributed by atoms with van der Waals surface area (Å²) in [6.45, 7) is 2.15. The molecule has 0 spiro atoms. The second kappa shape index (κ2) is 5.39. The van der Waals surface area contributed by atoms with Gasteiger partial charge in [0, 0.05) is 0 Å². The average molecular weight is 245 g/mol. The standard InChI is InChI=1S/C12H15N5O/c1-10(18)9-17-12(13)16(14-15-17)8-7-11-5-3-2-4-6-11/h2-6,13H,7-9H2,1H3. The van der Waals surface area contributed by atoms with Crippen molar-refractivity contribution in [3.05, 3.63) is 41.5 Å². The van der Waals surface area contributed by atoms with E-state index >= 15 is 0 Å². The van der Waals surface area contributed by atoms with Crippen LogP contribution in [-0.4, -0.2) is 25.6 Å². The highest BCUT2D eigenvalue weighted by Gasteiger charge is 2.05. The van der Waals surface area contributed by atoms with Gasteiger partial charge in [-0.05, 0) is 29.3 Å². The largest absolute Gasteiger partial charge is 0.298 e. The lowest BCUT2D eigenvalue weighted by Crippen LogP contribution is -2.28. The number of benzene rings is 1. The van der Waals surface area contributed by atoms with Crippen LogP contribution in [0.4, 0.5) is 0 Å². The van der Waals surface area contributed by atoms with Gasteiger partial charge in [-0.1, -0.05) is 30.3 Å². The van der Waals surface area contributed by atoms with Gasteiger partial charge in [-0.3, -0.25) is 10.2 Å². The minimum Gasteiger partial charge on any atom is -0.298 e. The minimum atomic E-state index is -0.0383. The van der Waals surface area contributed by atoms with E-state index < -0.39 is 0 Å². The first-order valence-electron chi connectivity index (χ1n) is 5.75. The van der Waals surface area contributed by atoms with Crippen LogP contribution in [0.5, 0.6) is 0 Å². The highest BCUT2D eigenvalue weighted by Crippen LogP contribution is 1.99. The number of tetrazole rings is 1. The zero-order valence-corrected chi connectivity index (χ0v) is 10.2. The SMILES string of the molecule is CC(=O)Cn1nnn(CCc2ccccc2)c1=N. The van der Waals surface area contributed by atoms with Crippen molar-refractivity contribution < 1.29 is 4.79 Å².